The lowest BCUT2D eigenvalue weighted by atomic mass is 10.2. The van der Waals surface area contributed by atoms with E-state index in [-0.39, 0.29) is 28.3 Å². The molecule has 0 saturated carbocycles. The number of nitrogens with one attached hydrogen (secondary N) is 1. The van der Waals surface area contributed by atoms with Crippen molar-refractivity contribution in [2.75, 3.05) is 42.1 Å². The van der Waals surface area contributed by atoms with Gasteiger partial charge in [-0.15, -0.1) is 0 Å². The molecule has 160 valence electrons. The van der Waals surface area contributed by atoms with Gasteiger partial charge in [-0.3, -0.25) is 15.0 Å². The van der Waals surface area contributed by atoms with Crippen LogP contribution in [0.1, 0.15) is 5.82 Å². The Balaban J connectivity index is 1.40. The minimum absolute atomic E-state index is 0.0909. The van der Waals surface area contributed by atoms with Crippen LogP contribution in [0.3, 0.4) is 0 Å². The third-order valence-corrected chi connectivity index (χ3v) is 4.96. The summed E-state index contributed by atoms with van der Waals surface area (Å²) >= 11 is 0. The van der Waals surface area contributed by atoms with E-state index < -0.39 is 0 Å². The lowest BCUT2D eigenvalue weighted by Gasteiger charge is -2.35. The summed E-state index contributed by atoms with van der Waals surface area (Å²) in [4.78, 5) is 27.8. The van der Waals surface area contributed by atoms with E-state index in [1.807, 2.05) is 4.90 Å². The predicted octanol–water partition coefficient (Wildman–Crippen LogP) is 2.57. The van der Waals surface area contributed by atoms with Gasteiger partial charge in [0.05, 0.1) is 11.5 Å². The van der Waals surface area contributed by atoms with Gasteiger partial charge in [0, 0.05) is 37.9 Å². The van der Waals surface area contributed by atoms with Crippen molar-refractivity contribution in [3.05, 3.63) is 70.3 Å². The molecule has 2 heterocycles. The van der Waals surface area contributed by atoms with E-state index in [1.165, 1.54) is 18.2 Å². The quantitative estimate of drug-likeness (QED) is 0.453. The van der Waals surface area contributed by atoms with Gasteiger partial charge in [0.2, 0.25) is 11.9 Å². The van der Waals surface area contributed by atoms with Crippen molar-refractivity contribution in [3.63, 3.8) is 0 Å². The highest BCUT2D eigenvalue weighted by Gasteiger charge is 2.23. The van der Waals surface area contributed by atoms with Crippen LogP contribution in [-0.4, -0.2) is 51.0 Å². The van der Waals surface area contributed by atoms with Gasteiger partial charge in [-0.2, -0.15) is 15.0 Å². The first-order valence-electron chi connectivity index (χ1n) is 9.72. The summed E-state index contributed by atoms with van der Waals surface area (Å²) in [5.41, 5.74) is 7.20. The smallest absolute Gasteiger partial charge is 0.292 e. The van der Waals surface area contributed by atoms with E-state index in [0.29, 0.717) is 49.9 Å². The van der Waals surface area contributed by atoms with Gasteiger partial charge in [-0.25, -0.2) is 4.39 Å². The van der Waals surface area contributed by atoms with Crippen molar-refractivity contribution >= 4 is 29.0 Å². The molecular formula is C20H21FN8O2. The van der Waals surface area contributed by atoms with E-state index in [4.69, 9.17) is 5.73 Å². The molecule has 1 fully saturated rings. The van der Waals surface area contributed by atoms with Gasteiger partial charge in [0.15, 0.2) is 0 Å². The summed E-state index contributed by atoms with van der Waals surface area (Å²) < 4.78 is 13.1. The van der Waals surface area contributed by atoms with Crippen LogP contribution in [0.2, 0.25) is 0 Å². The Morgan fingerprint density at radius 2 is 1.74 bits per heavy atom. The predicted molar refractivity (Wildman–Crippen MR) is 115 cm³/mol. The molecule has 0 aliphatic carbocycles. The molecule has 0 amide bonds. The lowest BCUT2D eigenvalue weighted by molar-refractivity contribution is -0.384. The molecule has 31 heavy (non-hydrogen) atoms. The zero-order valence-electron chi connectivity index (χ0n) is 16.6. The number of nitrogen functional groups attached to an aromatic ring is 1. The maximum Gasteiger partial charge on any atom is 0.292 e. The van der Waals surface area contributed by atoms with Crippen LogP contribution in [0.15, 0.2) is 48.5 Å². The fourth-order valence-corrected chi connectivity index (χ4v) is 3.46. The second kappa shape index (κ2) is 8.88. The minimum Gasteiger partial charge on any atom is -0.368 e. The monoisotopic (exact) mass is 424 g/mol. The normalized spacial score (nSPS) is 14.4. The molecule has 0 atom stereocenters. The zero-order chi connectivity index (χ0) is 21.8. The van der Waals surface area contributed by atoms with Gasteiger partial charge in [0.1, 0.15) is 17.3 Å². The number of nitrogens with zero attached hydrogens (tertiary/aromatic N) is 6. The van der Waals surface area contributed by atoms with Crippen molar-refractivity contribution in [1.82, 2.24) is 19.9 Å². The molecule has 1 saturated heterocycles. The van der Waals surface area contributed by atoms with Gasteiger partial charge < -0.3 is 16.0 Å². The number of anilines is 4. The van der Waals surface area contributed by atoms with E-state index in [9.17, 15) is 14.5 Å². The maximum atomic E-state index is 13.1. The largest absolute Gasteiger partial charge is 0.368 e. The fourth-order valence-electron chi connectivity index (χ4n) is 3.46. The minimum atomic E-state index is -0.356. The molecule has 0 unspecified atom stereocenters. The number of nitro benzene ring substituents is 1. The highest BCUT2D eigenvalue weighted by atomic mass is 19.1. The first-order valence-corrected chi connectivity index (χ1v) is 9.72. The number of halogens is 1. The highest BCUT2D eigenvalue weighted by Crippen LogP contribution is 2.28. The Kier molecular flexibility index (Phi) is 5.85. The number of benzene rings is 2. The van der Waals surface area contributed by atoms with Crippen LogP contribution < -0.4 is 16.0 Å². The van der Waals surface area contributed by atoms with Gasteiger partial charge >= 0.3 is 0 Å². The molecule has 10 nitrogen and oxygen atoms in total. The molecule has 0 radical (unpaired) electrons. The first kappa shape index (κ1) is 20.4. The number of aromatic nitrogens is 3. The summed E-state index contributed by atoms with van der Waals surface area (Å²) in [6.07, 6.45) is 0. The van der Waals surface area contributed by atoms with Gasteiger partial charge in [-0.1, -0.05) is 12.1 Å². The third kappa shape index (κ3) is 5.01. The molecule has 3 aromatic rings. The Labute approximate surface area is 177 Å². The van der Waals surface area contributed by atoms with E-state index in [2.05, 4.69) is 25.2 Å². The molecular weight excluding hydrogens is 403 g/mol. The van der Waals surface area contributed by atoms with Crippen LogP contribution in [0, 0.1) is 15.9 Å². The molecule has 0 bridgehead atoms. The Morgan fingerprint density at radius 1 is 1.03 bits per heavy atom. The van der Waals surface area contributed by atoms with E-state index in [0.717, 1.165) is 0 Å². The molecule has 11 heteroatoms. The number of hydrogen-bond donors (Lipinski definition) is 2. The van der Waals surface area contributed by atoms with Gasteiger partial charge in [0.25, 0.3) is 5.69 Å². The molecule has 3 N–H and O–H groups in total. The van der Waals surface area contributed by atoms with E-state index in [1.54, 1.807) is 30.3 Å². The van der Waals surface area contributed by atoms with Crippen molar-refractivity contribution in [2.45, 2.75) is 6.54 Å². The molecule has 0 spiro atoms. The van der Waals surface area contributed by atoms with Crippen molar-refractivity contribution < 1.29 is 9.31 Å². The number of hydrogen-bond acceptors (Lipinski definition) is 9. The summed E-state index contributed by atoms with van der Waals surface area (Å²) in [6.45, 7) is 3.14. The first-order chi connectivity index (χ1) is 15.0. The molecule has 4 rings (SSSR count). The van der Waals surface area contributed by atoms with Crippen LogP contribution >= 0.6 is 0 Å². The SMILES string of the molecule is Nc1nc(CN2CCN(c3ccccc3[N+](=O)[O-])CC2)nc(Nc2ccc(F)cc2)n1. The van der Waals surface area contributed by atoms with Crippen molar-refractivity contribution in [2.24, 2.45) is 0 Å². The third-order valence-electron chi connectivity index (χ3n) is 4.96. The average Bonchev–Trinajstić information content (AvgIpc) is 2.75. The maximum absolute atomic E-state index is 13.1. The number of nitrogens with two attached hydrogens (primary N) is 1. The zero-order valence-corrected chi connectivity index (χ0v) is 16.6. The molecule has 2 aromatic carbocycles. The summed E-state index contributed by atoms with van der Waals surface area (Å²) in [5, 5.41) is 14.3. The second-order valence-corrected chi connectivity index (χ2v) is 7.07. The van der Waals surface area contributed by atoms with Gasteiger partial charge in [-0.05, 0) is 30.3 Å². The highest BCUT2D eigenvalue weighted by molar-refractivity contribution is 5.63. The summed E-state index contributed by atoms with van der Waals surface area (Å²) in [5.74, 6) is 0.554. The summed E-state index contributed by atoms with van der Waals surface area (Å²) in [7, 11) is 0. The standard InChI is InChI=1S/C20H21FN8O2/c21-14-5-7-15(8-6-14)23-20-25-18(24-19(22)26-20)13-27-9-11-28(12-10-27)16-3-1-2-4-17(16)29(30)31/h1-8H,9-13H2,(H3,22,23,24,25,26). The van der Waals surface area contributed by atoms with Crippen LogP contribution in [0.5, 0.6) is 0 Å². The number of rotatable bonds is 6. The average molecular weight is 424 g/mol. The Hall–Kier alpha value is -3.86. The second-order valence-electron chi connectivity index (χ2n) is 7.07. The van der Waals surface area contributed by atoms with Crippen LogP contribution in [0.4, 0.5) is 33.3 Å². The van der Waals surface area contributed by atoms with Crippen LogP contribution in [-0.2, 0) is 6.54 Å². The van der Waals surface area contributed by atoms with Crippen LogP contribution in [0.25, 0.3) is 0 Å². The van der Waals surface area contributed by atoms with Crippen molar-refractivity contribution in [1.29, 1.82) is 0 Å². The lowest BCUT2D eigenvalue weighted by Crippen LogP contribution is -2.46. The fraction of sp³-hybridized carbons (Fsp3) is 0.250. The topological polar surface area (TPSA) is 126 Å². The molecule has 1 aromatic heterocycles. The number of piperazine rings is 1. The van der Waals surface area contributed by atoms with E-state index >= 15 is 0 Å². The summed E-state index contributed by atoms with van der Waals surface area (Å²) in [6, 6.07) is 12.6. The number of nitro groups is 1. The molecule has 1 aliphatic heterocycles. The van der Waals surface area contributed by atoms with Crippen molar-refractivity contribution in [3.8, 4) is 0 Å². The Bertz CT molecular complexity index is 1070. The number of para-hydroxylation sites is 2. The Morgan fingerprint density at radius 3 is 2.45 bits per heavy atom. The molecule has 1 aliphatic rings.